The highest BCUT2D eigenvalue weighted by atomic mass is 35.5. The highest BCUT2D eigenvalue weighted by Crippen LogP contribution is 2.49. The van der Waals surface area contributed by atoms with Crippen molar-refractivity contribution in [1.29, 1.82) is 0 Å². The molecule has 1 fully saturated rings. The summed E-state index contributed by atoms with van der Waals surface area (Å²) in [6, 6.07) is 5.42. The van der Waals surface area contributed by atoms with Crippen molar-refractivity contribution in [2.24, 2.45) is 11.8 Å². The van der Waals surface area contributed by atoms with Crippen LogP contribution < -0.4 is 4.74 Å². The van der Waals surface area contributed by atoms with E-state index in [1.165, 1.54) is 0 Å². The molecule has 1 aromatic carbocycles. The van der Waals surface area contributed by atoms with Crippen molar-refractivity contribution >= 4 is 23.0 Å². The average Bonchev–Trinajstić information content (AvgIpc) is 2.89. The monoisotopic (exact) mass is 292 g/mol. The van der Waals surface area contributed by atoms with Crippen LogP contribution in [0.25, 0.3) is 5.57 Å². The van der Waals surface area contributed by atoms with E-state index in [9.17, 15) is 4.79 Å². The number of ketones is 1. The molecule has 1 aromatic rings. The predicted octanol–water partition coefficient (Wildman–Crippen LogP) is 3.71. The molecule has 0 radical (unpaired) electrons. The molecule has 0 amide bonds. The molecule has 0 aromatic heterocycles. The molecule has 0 spiro atoms. The fraction of sp³-hybridized carbons (Fsp3) is 0.438. The molecular formula is C16H17ClO3. The maximum Gasteiger partial charge on any atom is 0.170 e. The third-order valence-electron chi connectivity index (χ3n) is 4.33. The van der Waals surface area contributed by atoms with Gasteiger partial charge in [0.1, 0.15) is 11.5 Å². The highest BCUT2D eigenvalue weighted by Gasteiger charge is 2.43. The molecule has 106 valence electrons. The average molecular weight is 293 g/mol. The van der Waals surface area contributed by atoms with Crippen LogP contribution in [0.4, 0.5) is 0 Å². The Hall–Kier alpha value is -1.48. The Morgan fingerprint density at radius 3 is 2.60 bits per heavy atom. The second-order valence-electron chi connectivity index (χ2n) is 5.33. The lowest BCUT2D eigenvalue weighted by Gasteiger charge is -2.25. The number of carbonyl (C=O) groups is 1. The number of benzene rings is 1. The number of halogens is 1. The molecule has 3 nitrogen and oxygen atoms in total. The van der Waals surface area contributed by atoms with Gasteiger partial charge in [-0.15, -0.1) is 0 Å². The van der Waals surface area contributed by atoms with Gasteiger partial charge in [-0.25, -0.2) is 0 Å². The van der Waals surface area contributed by atoms with Crippen molar-refractivity contribution in [2.45, 2.75) is 19.3 Å². The SMILES string of the molecule is COC1=C(c2c(Cl)cccc2OC)C(=O)C2CCC1C2. The van der Waals surface area contributed by atoms with Gasteiger partial charge in [-0.05, 0) is 31.4 Å². The van der Waals surface area contributed by atoms with Gasteiger partial charge >= 0.3 is 0 Å². The molecule has 1 saturated carbocycles. The number of ether oxygens (including phenoxy) is 2. The summed E-state index contributed by atoms with van der Waals surface area (Å²) in [5.74, 6) is 1.97. The lowest BCUT2D eigenvalue weighted by molar-refractivity contribution is -0.117. The lowest BCUT2D eigenvalue weighted by Crippen LogP contribution is -2.22. The summed E-state index contributed by atoms with van der Waals surface area (Å²) in [5.41, 5.74) is 1.30. The first-order valence-electron chi connectivity index (χ1n) is 6.82. The number of Topliss-reactive ketones (excluding diaryl/α,β-unsaturated/α-hetero) is 1. The zero-order valence-corrected chi connectivity index (χ0v) is 12.4. The lowest BCUT2D eigenvalue weighted by atomic mass is 9.83. The van der Waals surface area contributed by atoms with Crippen molar-refractivity contribution < 1.29 is 14.3 Å². The van der Waals surface area contributed by atoms with Gasteiger partial charge in [-0.2, -0.15) is 0 Å². The number of rotatable bonds is 3. The molecule has 0 heterocycles. The standard InChI is InChI=1S/C16H17ClO3/c1-19-12-5-3-4-11(17)13(12)14-15(18)9-6-7-10(8-9)16(14)20-2/h3-5,9-10H,6-8H2,1-2H3. The van der Waals surface area contributed by atoms with E-state index in [2.05, 4.69) is 0 Å². The Balaban J connectivity index is 2.23. The quantitative estimate of drug-likeness (QED) is 0.852. The van der Waals surface area contributed by atoms with Gasteiger partial charge in [0.2, 0.25) is 0 Å². The largest absolute Gasteiger partial charge is 0.500 e. The van der Waals surface area contributed by atoms with Gasteiger partial charge in [0, 0.05) is 17.4 Å². The van der Waals surface area contributed by atoms with E-state index in [1.54, 1.807) is 20.3 Å². The first-order valence-corrected chi connectivity index (χ1v) is 7.20. The summed E-state index contributed by atoms with van der Waals surface area (Å²) in [6.07, 6.45) is 2.85. The van der Waals surface area contributed by atoms with Crippen molar-refractivity contribution in [3.8, 4) is 5.75 Å². The zero-order chi connectivity index (χ0) is 14.3. The van der Waals surface area contributed by atoms with E-state index >= 15 is 0 Å². The fourth-order valence-corrected chi connectivity index (χ4v) is 3.68. The van der Waals surface area contributed by atoms with Gasteiger partial charge < -0.3 is 9.47 Å². The van der Waals surface area contributed by atoms with Gasteiger partial charge in [-0.1, -0.05) is 17.7 Å². The Kier molecular flexibility index (Phi) is 3.47. The number of fused-ring (bicyclic) bond motifs is 2. The number of methoxy groups -OCH3 is 2. The summed E-state index contributed by atoms with van der Waals surface area (Å²) < 4.78 is 10.9. The molecular weight excluding hydrogens is 276 g/mol. The minimum Gasteiger partial charge on any atom is -0.500 e. The Morgan fingerprint density at radius 2 is 1.90 bits per heavy atom. The maximum absolute atomic E-state index is 12.7. The highest BCUT2D eigenvalue weighted by molar-refractivity contribution is 6.36. The van der Waals surface area contributed by atoms with E-state index in [0.717, 1.165) is 25.0 Å². The van der Waals surface area contributed by atoms with Crippen LogP contribution in [0.15, 0.2) is 24.0 Å². The van der Waals surface area contributed by atoms with Crippen LogP contribution >= 0.6 is 11.6 Å². The van der Waals surface area contributed by atoms with Crippen molar-refractivity contribution in [3.05, 3.63) is 34.5 Å². The van der Waals surface area contributed by atoms with E-state index in [4.69, 9.17) is 21.1 Å². The summed E-state index contributed by atoms with van der Waals surface area (Å²) in [7, 11) is 3.22. The van der Waals surface area contributed by atoms with Gasteiger partial charge in [0.15, 0.2) is 5.78 Å². The molecule has 2 aliphatic carbocycles. The third kappa shape index (κ3) is 1.92. The molecule has 0 saturated heterocycles. The molecule has 2 atom stereocenters. The summed E-state index contributed by atoms with van der Waals surface area (Å²) >= 11 is 6.32. The summed E-state index contributed by atoms with van der Waals surface area (Å²) in [5, 5.41) is 0.531. The van der Waals surface area contributed by atoms with Crippen LogP contribution in [0.2, 0.25) is 5.02 Å². The second-order valence-corrected chi connectivity index (χ2v) is 5.74. The van der Waals surface area contributed by atoms with Crippen LogP contribution in [0.5, 0.6) is 5.75 Å². The Bertz CT molecular complexity index is 591. The summed E-state index contributed by atoms with van der Waals surface area (Å²) in [4.78, 5) is 12.7. The van der Waals surface area contributed by atoms with Crippen LogP contribution in [0.1, 0.15) is 24.8 Å². The van der Waals surface area contributed by atoms with Crippen LogP contribution in [-0.4, -0.2) is 20.0 Å². The van der Waals surface area contributed by atoms with Gasteiger partial charge in [-0.3, -0.25) is 4.79 Å². The Morgan fingerprint density at radius 1 is 1.15 bits per heavy atom. The van der Waals surface area contributed by atoms with E-state index < -0.39 is 0 Å². The Labute approximate surface area is 123 Å². The van der Waals surface area contributed by atoms with E-state index in [0.29, 0.717) is 27.8 Å². The molecule has 0 N–H and O–H groups in total. The number of hydrogen-bond acceptors (Lipinski definition) is 3. The number of allylic oxidation sites excluding steroid dienone is 2. The minimum absolute atomic E-state index is 0.106. The van der Waals surface area contributed by atoms with Crippen LogP contribution in [0, 0.1) is 11.8 Å². The third-order valence-corrected chi connectivity index (χ3v) is 4.65. The van der Waals surface area contributed by atoms with Crippen molar-refractivity contribution in [3.63, 3.8) is 0 Å². The smallest absolute Gasteiger partial charge is 0.170 e. The molecule has 4 heteroatoms. The second kappa shape index (κ2) is 5.13. The predicted molar refractivity (Wildman–Crippen MR) is 77.8 cm³/mol. The van der Waals surface area contributed by atoms with Gasteiger partial charge in [0.05, 0.1) is 24.8 Å². The van der Waals surface area contributed by atoms with E-state index in [-0.39, 0.29) is 11.7 Å². The fourth-order valence-electron chi connectivity index (χ4n) is 3.42. The first kappa shape index (κ1) is 13.5. The van der Waals surface area contributed by atoms with E-state index in [1.807, 2.05) is 12.1 Å². The first-order chi connectivity index (χ1) is 9.67. The molecule has 0 aliphatic heterocycles. The maximum atomic E-state index is 12.7. The van der Waals surface area contributed by atoms with Crippen LogP contribution in [0.3, 0.4) is 0 Å². The zero-order valence-electron chi connectivity index (χ0n) is 11.6. The number of carbonyl (C=O) groups excluding carboxylic acids is 1. The molecule has 2 bridgehead atoms. The molecule has 20 heavy (non-hydrogen) atoms. The van der Waals surface area contributed by atoms with Crippen molar-refractivity contribution in [2.75, 3.05) is 14.2 Å². The topological polar surface area (TPSA) is 35.5 Å². The number of hydrogen-bond donors (Lipinski definition) is 0. The van der Waals surface area contributed by atoms with Crippen LogP contribution in [-0.2, 0) is 9.53 Å². The minimum atomic E-state index is 0.106. The molecule has 2 aliphatic rings. The normalized spacial score (nSPS) is 25.1. The molecule has 2 unspecified atom stereocenters. The summed E-state index contributed by atoms with van der Waals surface area (Å²) in [6.45, 7) is 0. The van der Waals surface area contributed by atoms with Gasteiger partial charge in [0.25, 0.3) is 0 Å². The van der Waals surface area contributed by atoms with Crippen molar-refractivity contribution in [1.82, 2.24) is 0 Å². The molecule has 3 rings (SSSR count).